The van der Waals surface area contributed by atoms with Gasteiger partial charge in [0.05, 0.1) is 24.3 Å². The zero-order chi connectivity index (χ0) is 24.1. The summed E-state index contributed by atoms with van der Waals surface area (Å²) in [5.74, 6) is -0.738. The lowest BCUT2D eigenvalue weighted by molar-refractivity contribution is -0.141. The minimum Gasteiger partial charge on any atom is -0.378 e. The number of amides is 1. The Hall–Kier alpha value is -2.17. The Morgan fingerprint density at radius 3 is 2.62 bits per heavy atom. The standard InChI is InChI=1S/C24H31F3N4O2S/c1-17(18-6-5-7-19(16-18)31-12-14-33-15-13-31)28-23(32)21-22(24(25,26)27)29-20(34-21)8-11-30-9-3-2-4-10-30/h5-7,16-17H,2-4,8-15H2,1H3,(H,28,32)/t17-/m0/s1. The highest BCUT2D eigenvalue weighted by Crippen LogP contribution is 2.35. The Labute approximate surface area is 202 Å². The molecular weight excluding hydrogens is 465 g/mol. The fourth-order valence-corrected chi connectivity index (χ4v) is 5.39. The molecule has 1 atom stereocenters. The van der Waals surface area contributed by atoms with Gasteiger partial charge in [0.1, 0.15) is 4.88 Å². The second-order valence-corrected chi connectivity index (χ2v) is 9.91. The molecule has 2 aromatic rings. The van der Waals surface area contributed by atoms with Gasteiger partial charge in [0.2, 0.25) is 0 Å². The van der Waals surface area contributed by atoms with Crippen molar-refractivity contribution in [2.24, 2.45) is 0 Å². The zero-order valence-corrected chi connectivity index (χ0v) is 20.2. The number of piperidine rings is 1. The average molecular weight is 497 g/mol. The summed E-state index contributed by atoms with van der Waals surface area (Å²) in [4.78, 5) is 20.8. The number of halogens is 3. The number of alkyl halides is 3. The molecule has 2 fully saturated rings. The molecule has 0 saturated carbocycles. The van der Waals surface area contributed by atoms with E-state index in [0.717, 1.165) is 61.6 Å². The van der Waals surface area contributed by atoms with Gasteiger partial charge in [0, 0.05) is 31.7 Å². The molecule has 2 saturated heterocycles. The molecule has 4 rings (SSSR count). The minimum absolute atomic E-state index is 0.352. The SMILES string of the molecule is C[C@H](NC(=O)c1sc(CCN2CCCCC2)nc1C(F)(F)F)c1cccc(N2CCOCC2)c1. The van der Waals surface area contributed by atoms with Crippen LogP contribution in [0, 0.1) is 0 Å². The molecule has 1 aromatic heterocycles. The Bertz CT molecular complexity index is 969. The summed E-state index contributed by atoms with van der Waals surface area (Å²) >= 11 is 0.854. The highest BCUT2D eigenvalue weighted by Gasteiger charge is 2.39. The van der Waals surface area contributed by atoms with Crippen LogP contribution in [0.4, 0.5) is 18.9 Å². The van der Waals surface area contributed by atoms with Crippen LogP contribution in [0.15, 0.2) is 24.3 Å². The van der Waals surface area contributed by atoms with Gasteiger partial charge in [-0.1, -0.05) is 18.6 Å². The highest BCUT2D eigenvalue weighted by atomic mass is 32.1. The number of hydrogen-bond acceptors (Lipinski definition) is 6. The lowest BCUT2D eigenvalue weighted by atomic mass is 10.1. The molecule has 1 aromatic carbocycles. The number of nitrogens with one attached hydrogen (secondary N) is 1. The van der Waals surface area contributed by atoms with Crippen LogP contribution in [0.3, 0.4) is 0 Å². The molecule has 1 amide bonds. The molecule has 0 unspecified atom stereocenters. The molecule has 0 radical (unpaired) electrons. The zero-order valence-electron chi connectivity index (χ0n) is 19.4. The number of nitrogens with zero attached hydrogens (tertiary/aromatic N) is 3. The maximum Gasteiger partial charge on any atom is 0.435 e. The number of ether oxygens (including phenoxy) is 1. The average Bonchev–Trinajstić information content (AvgIpc) is 3.29. The summed E-state index contributed by atoms with van der Waals surface area (Å²) < 4.78 is 46.4. The van der Waals surface area contributed by atoms with Crippen molar-refractivity contribution in [3.05, 3.63) is 45.4 Å². The summed E-state index contributed by atoms with van der Waals surface area (Å²) in [7, 11) is 0. The van der Waals surface area contributed by atoms with Gasteiger partial charge in [-0.3, -0.25) is 4.79 Å². The Morgan fingerprint density at radius 2 is 1.91 bits per heavy atom. The van der Waals surface area contributed by atoms with Crippen molar-refractivity contribution in [1.29, 1.82) is 0 Å². The number of carbonyl (C=O) groups excluding carboxylic acids is 1. The Balaban J connectivity index is 1.45. The van der Waals surface area contributed by atoms with Crippen LogP contribution in [0.25, 0.3) is 0 Å². The normalized spacial score (nSPS) is 18.6. The first-order valence-corrected chi connectivity index (χ1v) is 12.7. The van der Waals surface area contributed by atoms with Crippen molar-refractivity contribution in [3.63, 3.8) is 0 Å². The van der Waals surface area contributed by atoms with Gasteiger partial charge in [-0.2, -0.15) is 13.2 Å². The first kappa shape index (κ1) is 24.9. The van der Waals surface area contributed by atoms with Crippen LogP contribution in [-0.4, -0.2) is 61.7 Å². The van der Waals surface area contributed by atoms with E-state index < -0.39 is 23.8 Å². The third-order valence-corrected chi connectivity index (χ3v) is 7.44. The van der Waals surface area contributed by atoms with E-state index in [9.17, 15) is 18.0 Å². The van der Waals surface area contributed by atoms with E-state index in [4.69, 9.17) is 4.74 Å². The van der Waals surface area contributed by atoms with Gasteiger partial charge < -0.3 is 19.9 Å². The van der Waals surface area contributed by atoms with Crippen LogP contribution in [-0.2, 0) is 17.3 Å². The fraction of sp³-hybridized carbons (Fsp3) is 0.583. The molecule has 0 aliphatic carbocycles. The van der Waals surface area contributed by atoms with Crippen LogP contribution < -0.4 is 10.2 Å². The monoisotopic (exact) mass is 496 g/mol. The highest BCUT2D eigenvalue weighted by molar-refractivity contribution is 7.13. The molecular formula is C24H31F3N4O2S. The summed E-state index contributed by atoms with van der Waals surface area (Å²) in [6.07, 6.45) is -0.831. The van der Waals surface area contributed by atoms with Crippen molar-refractivity contribution in [2.45, 2.75) is 44.8 Å². The van der Waals surface area contributed by atoms with Gasteiger partial charge >= 0.3 is 6.18 Å². The largest absolute Gasteiger partial charge is 0.435 e. The molecule has 3 heterocycles. The maximum atomic E-state index is 13.7. The van der Waals surface area contributed by atoms with Crippen LogP contribution in [0.2, 0.25) is 0 Å². The van der Waals surface area contributed by atoms with E-state index in [1.807, 2.05) is 24.3 Å². The number of benzene rings is 1. The van der Waals surface area contributed by atoms with Gasteiger partial charge in [0.25, 0.3) is 5.91 Å². The Kier molecular flexibility index (Phi) is 8.10. The number of likely N-dealkylation sites (tertiary alicyclic amines) is 1. The number of anilines is 1. The lowest BCUT2D eigenvalue weighted by Crippen LogP contribution is -2.36. The number of rotatable bonds is 7. The topological polar surface area (TPSA) is 57.7 Å². The molecule has 0 bridgehead atoms. The summed E-state index contributed by atoms with van der Waals surface area (Å²) in [5, 5.41) is 3.10. The van der Waals surface area contributed by atoms with E-state index in [1.165, 1.54) is 6.42 Å². The number of thiazole rings is 1. The van der Waals surface area contributed by atoms with Gasteiger partial charge in [-0.05, 0) is 50.6 Å². The fourth-order valence-electron chi connectivity index (χ4n) is 4.41. The predicted molar refractivity (Wildman–Crippen MR) is 126 cm³/mol. The van der Waals surface area contributed by atoms with Crippen LogP contribution in [0.1, 0.15) is 58.2 Å². The summed E-state index contributed by atoms with van der Waals surface area (Å²) in [6, 6.07) is 7.28. The lowest BCUT2D eigenvalue weighted by Gasteiger charge is -2.29. The first-order chi connectivity index (χ1) is 16.3. The molecule has 186 valence electrons. The number of aromatic nitrogens is 1. The molecule has 2 aliphatic rings. The minimum atomic E-state index is -4.67. The third-order valence-electron chi connectivity index (χ3n) is 6.33. The van der Waals surface area contributed by atoms with Gasteiger partial charge in [-0.15, -0.1) is 11.3 Å². The molecule has 6 nitrogen and oxygen atoms in total. The van der Waals surface area contributed by atoms with Crippen molar-refractivity contribution in [1.82, 2.24) is 15.2 Å². The molecule has 0 spiro atoms. The second-order valence-electron chi connectivity index (χ2n) is 8.82. The molecule has 10 heteroatoms. The molecule has 34 heavy (non-hydrogen) atoms. The van der Waals surface area contributed by atoms with E-state index >= 15 is 0 Å². The van der Waals surface area contributed by atoms with E-state index in [0.29, 0.717) is 31.2 Å². The van der Waals surface area contributed by atoms with Crippen molar-refractivity contribution < 1.29 is 22.7 Å². The smallest absolute Gasteiger partial charge is 0.378 e. The number of carbonyl (C=O) groups is 1. The molecule has 1 N–H and O–H groups in total. The van der Waals surface area contributed by atoms with Gasteiger partial charge in [-0.25, -0.2) is 4.98 Å². The van der Waals surface area contributed by atoms with Gasteiger partial charge in [0.15, 0.2) is 5.69 Å². The number of hydrogen-bond donors (Lipinski definition) is 1. The summed E-state index contributed by atoms with van der Waals surface area (Å²) in [6.45, 7) is 7.24. The number of morpholine rings is 1. The second kappa shape index (κ2) is 11.0. The van der Waals surface area contributed by atoms with E-state index in [1.54, 1.807) is 6.92 Å². The van der Waals surface area contributed by atoms with Crippen molar-refractivity contribution in [2.75, 3.05) is 50.8 Å². The van der Waals surface area contributed by atoms with Crippen LogP contribution >= 0.6 is 11.3 Å². The van der Waals surface area contributed by atoms with Crippen molar-refractivity contribution in [3.8, 4) is 0 Å². The molecule has 2 aliphatic heterocycles. The van der Waals surface area contributed by atoms with E-state index in [-0.39, 0.29) is 4.88 Å². The predicted octanol–water partition coefficient (Wildman–Crippen LogP) is 4.52. The Morgan fingerprint density at radius 1 is 1.18 bits per heavy atom. The quantitative estimate of drug-likeness (QED) is 0.611. The van der Waals surface area contributed by atoms with Crippen LogP contribution in [0.5, 0.6) is 0 Å². The maximum absolute atomic E-state index is 13.7. The van der Waals surface area contributed by atoms with Crippen molar-refractivity contribution >= 4 is 22.9 Å². The summed E-state index contributed by atoms with van der Waals surface area (Å²) in [5.41, 5.74) is 0.759. The third kappa shape index (κ3) is 6.28. The first-order valence-electron chi connectivity index (χ1n) is 11.8. The van der Waals surface area contributed by atoms with E-state index in [2.05, 4.69) is 20.1 Å².